The van der Waals surface area contributed by atoms with E-state index in [0.29, 0.717) is 3.42 Å². The second kappa shape index (κ2) is 4.21. The maximum atomic E-state index is 2.67. The van der Waals surface area contributed by atoms with Gasteiger partial charge in [-0.3, -0.25) is 0 Å². The van der Waals surface area contributed by atoms with Crippen molar-refractivity contribution in [3.63, 3.8) is 0 Å². The van der Waals surface area contributed by atoms with Gasteiger partial charge in [-0.15, -0.1) is 0 Å². The molecule has 1 aromatic rings. The van der Waals surface area contributed by atoms with Gasteiger partial charge in [0.2, 0.25) is 0 Å². The predicted octanol–water partition coefficient (Wildman–Crippen LogP) is 4.59. The van der Waals surface area contributed by atoms with E-state index < -0.39 is 0 Å². The average Bonchev–Trinajstić information content (AvgIpc) is 2.19. The molecule has 0 spiro atoms. The Morgan fingerprint density at radius 2 is 1.57 bits per heavy atom. The van der Waals surface area contributed by atoms with Crippen molar-refractivity contribution in [2.45, 2.75) is 42.4 Å². The van der Waals surface area contributed by atoms with Crippen LogP contribution in [0.4, 0.5) is 0 Å². The molecular weight excluding hydrogens is 283 g/mol. The minimum Gasteiger partial charge on any atom is -0.0737 e. The molecule has 1 fully saturated rings. The molecule has 1 aromatic carbocycles. The Morgan fingerprint density at radius 3 is 2.14 bits per heavy atom. The molecule has 0 unspecified atom stereocenters. The third-order valence-electron chi connectivity index (χ3n) is 3.22. The van der Waals surface area contributed by atoms with Crippen molar-refractivity contribution in [1.29, 1.82) is 0 Å². The second-order valence-corrected chi connectivity index (χ2v) is 6.46. The molecule has 0 bridgehead atoms. The van der Waals surface area contributed by atoms with Gasteiger partial charge in [0.25, 0.3) is 0 Å². The molecule has 0 aromatic heterocycles. The lowest BCUT2D eigenvalue weighted by atomic mass is 9.84. The van der Waals surface area contributed by atoms with Crippen molar-refractivity contribution in [2.24, 2.45) is 0 Å². The molecule has 0 aliphatic heterocycles. The van der Waals surface area contributed by atoms with Gasteiger partial charge < -0.3 is 0 Å². The summed E-state index contributed by atoms with van der Waals surface area (Å²) in [6, 6.07) is 9.11. The van der Waals surface area contributed by atoms with E-state index in [4.69, 9.17) is 0 Å². The fourth-order valence-electron chi connectivity index (χ4n) is 2.25. The highest BCUT2D eigenvalue weighted by Crippen LogP contribution is 2.44. The Balaban J connectivity index is 2.23. The van der Waals surface area contributed by atoms with Crippen LogP contribution in [0.25, 0.3) is 0 Å². The van der Waals surface area contributed by atoms with Crippen LogP contribution in [0.3, 0.4) is 0 Å². The summed E-state index contributed by atoms with van der Waals surface area (Å²) in [5.41, 5.74) is 2.90. The fourth-order valence-corrected chi connectivity index (χ4v) is 3.38. The highest BCUT2D eigenvalue weighted by atomic mass is 127. The number of halogens is 1. The number of benzene rings is 1. The van der Waals surface area contributed by atoms with Gasteiger partial charge in [-0.05, 0) is 25.3 Å². The van der Waals surface area contributed by atoms with Crippen molar-refractivity contribution in [1.82, 2.24) is 0 Å². The van der Waals surface area contributed by atoms with Crippen LogP contribution in [0.1, 0.15) is 43.2 Å². The maximum absolute atomic E-state index is 2.67. The van der Waals surface area contributed by atoms with Crippen LogP contribution in [0.5, 0.6) is 0 Å². The zero-order valence-electron chi connectivity index (χ0n) is 8.72. The van der Waals surface area contributed by atoms with Crippen LogP contribution < -0.4 is 0 Å². The first-order valence-electron chi connectivity index (χ1n) is 5.47. The summed E-state index contributed by atoms with van der Waals surface area (Å²) >= 11 is 2.67. The van der Waals surface area contributed by atoms with Gasteiger partial charge in [-0.1, -0.05) is 71.7 Å². The predicted molar refractivity (Wildman–Crippen MR) is 70.0 cm³/mol. The lowest BCUT2D eigenvalue weighted by Crippen LogP contribution is -2.21. The smallest absolute Gasteiger partial charge is 0.0470 e. The van der Waals surface area contributed by atoms with Crippen molar-refractivity contribution < 1.29 is 0 Å². The molecule has 0 radical (unpaired) electrons. The Morgan fingerprint density at radius 1 is 1.00 bits per heavy atom. The molecule has 1 heteroatoms. The van der Waals surface area contributed by atoms with Gasteiger partial charge in [-0.2, -0.15) is 0 Å². The molecule has 0 saturated heterocycles. The lowest BCUT2D eigenvalue weighted by molar-refractivity contribution is 0.426. The van der Waals surface area contributed by atoms with E-state index in [-0.39, 0.29) is 0 Å². The Bertz CT molecular complexity index is 294. The molecule has 14 heavy (non-hydrogen) atoms. The minimum absolute atomic E-state index is 0.434. The van der Waals surface area contributed by atoms with E-state index >= 15 is 0 Å². The Hall–Kier alpha value is -0.0500. The summed E-state index contributed by atoms with van der Waals surface area (Å²) in [6.45, 7) is 2.16. The van der Waals surface area contributed by atoms with Crippen LogP contribution in [0.2, 0.25) is 0 Å². The molecule has 0 amide bonds. The molecule has 0 nitrogen and oxygen atoms in total. The van der Waals surface area contributed by atoms with Crippen LogP contribution >= 0.6 is 22.6 Å². The van der Waals surface area contributed by atoms with Gasteiger partial charge in [0, 0.05) is 3.42 Å². The van der Waals surface area contributed by atoms with E-state index in [1.165, 1.54) is 43.2 Å². The standard InChI is InChI=1S/C13H17I/c1-11-5-7-12(8-6-11)13(14)9-3-2-4-10-13/h5-8H,2-4,9-10H2,1H3. The monoisotopic (exact) mass is 300 g/mol. The van der Waals surface area contributed by atoms with E-state index in [9.17, 15) is 0 Å². The van der Waals surface area contributed by atoms with E-state index in [0.717, 1.165) is 0 Å². The first-order chi connectivity index (χ1) is 6.71. The summed E-state index contributed by atoms with van der Waals surface area (Å²) < 4.78 is 0.434. The average molecular weight is 300 g/mol. The number of aryl methyl sites for hydroxylation is 1. The van der Waals surface area contributed by atoms with E-state index in [1.54, 1.807) is 0 Å². The van der Waals surface area contributed by atoms with Gasteiger partial charge in [-0.25, -0.2) is 0 Å². The Kier molecular flexibility index (Phi) is 3.15. The van der Waals surface area contributed by atoms with Gasteiger partial charge in [0.1, 0.15) is 0 Å². The van der Waals surface area contributed by atoms with Crippen LogP contribution in [-0.2, 0) is 3.42 Å². The van der Waals surface area contributed by atoms with Crippen molar-refractivity contribution in [3.05, 3.63) is 35.4 Å². The molecule has 0 atom stereocenters. The zero-order chi connectivity index (χ0) is 10.0. The SMILES string of the molecule is Cc1ccc(C2(I)CCCCC2)cc1. The van der Waals surface area contributed by atoms with E-state index in [1.807, 2.05) is 0 Å². The molecular formula is C13H17I. The first-order valence-corrected chi connectivity index (χ1v) is 6.55. The molecule has 0 N–H and O–H groups in total. The molecule has 0 heterocycles. The van der Waals surface area contributed by atoms with Gasteiger partial charge in [0.15, 0.2) is 0 Å². The topological polar surface area (TPSA) is 0 Å². The summed E-state index contributed by atoms with van der Waals surface area (Å²) in [6.07, 6.45) is 6.94. The molecule has 2 rings (SSSR count). The highest BCUT2D eigenvalue weighted by molar-refractivity contribution is 14.1. The number of alkyl halides is 1. The number of hydrogen-bond donors (Lipinski definition) is 0. The first kappa shape index (κ1) is 10.5. The van der Waals surface area contributed by atoms with Crippen molar-refractivity contribution in [2.75, 3.05) is 0 Å². The lowest BCUT2D eigenvalue weighted by Gasteiger charge is -2.32. The second-order valence-electron chi connectivity index (χ2n) is 4.39. The van der Waals surface area contributed by atoms with Crippen molar-refractivity contribution >= 4 is 22.6 Å². The van der Waals surface area contributed by atoms with Gasteiger partial charge in [0.05, 0.1) is 0 Å². The Labute approximate surface area is 100 Å². The molecule has 1 saturated carbocycles. The van der Waals surface area contributed by atoms with Crippen LogP contribution in [0, 0.1) is 6.92 Å². The van der Waals surface area contributed by atoms with Crippen LogP contribution in [-0.4, -0.2) is 0 Å². The third kappa shape index (κ3) is 2.13. The van der Waals surface area contributed by atoms with Crippen LogP contribution in [0.15, 0.2) is 24.3 Å². The molecule has 1 aliphatic rings. The minimum atomic E-state index is 0.434. The van der Waals surface area contributed by atoms with Crippen molar-refractivity contribution in [3.8, 4) is 0 Å². The quantitative estimate of drug-likeness (QED) is 0.525. The summed E-state index contributed by atoms with van der Waals surface area (Å²) in [4.78, 5) is 0. The summed E-state index contributed by atoms with van der Waals surface area (Å²) in [5.74, 6) is 0. The molecule has 1 aliphatic carbocycles. The normalized spacial score (nSPS) is 20.7. The van der Waals surface area contributed by atoms with E-state index in [2.05, 4.69) is 53.8 Å². The summed E-state index contributed by atoms with van der Waals surface area (Å²) in [7, 11) is 0. The maximum Gasteiger partial charge on any atom is 0.0470 e. The third-order valence-corrected chi connectivity index (χ3v) is 4.92. The largest absolute Gasteiger partial charge is 0.0737 e. The molecule has 76 valence electrons. The highest BCUT2D eigenvalue weighted by Gasteiger charge is 2.30. The number of hydrogen-bond acceptors (Lipinski definition) is 0. The van der Waals surface area contributed by atoms with Gasteiger partial charge >= 0.3 is 0 Å². The number of rotatable bonds is 1. The fraction of sp³-hybridized carbons (Fsp3) is 0.538. The zero-order valence-corrected chi connectivity index (χ0v) is 10.9. The summed E-state index contributed by atoms with van der Waals surface area (Å²) in [5, 5.41) is 0.